The zero-order valence-electron chi connectivity index (χ0n) is 5.61. The Morgan fingerprint density at radius 1 is 1.64 bits per heavy atom. The van der Waals surface area contributed by atoms with Crippen molar-refractivity contribution in [1.29, 1.82) is 0 Å². The summed E-state index contributed by atoms with van der Waals surface area (Å²) in [5.74, 6) is -1.10. The predicted octanol–water partition coefficient (Wildman–Crippen LogP) is 0.360. The molecule has 1 aromatic heterocycles. The van der Waals surface area contributed by atoms with Gasteiger partial charge in [0.1, 0.15) is 0 Å². The van der Waals surface area contributed by atoms with E-state index in [4.69, 9.17) is 10.8 Å². The van der Waals surface area contributed by atoms with Gasteiger partial charge in [0.25, 0.3) is 0 Å². The Labute approximate surface area is 78.3 Å². The van der Waals surface area contributed by atoms with Crippen LogP contribution in [0.2, 0.25) is 0 Å². The summed E-state index contributed by atoms with van der Waals surface area (Å²) in [6.07, 6.45) is 1.39. The van der Waals surface area contributed by atoms with Crippen molar-refractivity contribution >= 4 is 11.7 Å². The minimum Gasteiger partial charge on any atom is -0.476 e. The predicted molar refractivity (Wildman–Crippen MR) is 35.6 cm³/mol. The summed E-state index contributed by atoms with van der Waals surface area (Å²) < 4.78 is 0. The molecule has 1 rings (SSSR count). The fourth-order valence-corrected chi connectivity index (χ4v) is 0.596. The molecule has 0 aliphatic carbocycles. The molecule has 0 spiro atoms. The van der Waals surface area contributed by atoms with Crippen LogP contribution in [0.15, 0.2) is 18.3 Å². The van der Waals surface area contributed by atoms with Crippen LogP contribution in [0.5, 0.6) is 0 Å². The Hall–Kier alpha value is -0.866. The van der Waals surface area contributed by atoms with Crippen molar-refractivity contribution < 1.29 is 31.6 Å². The molecule has 0 bridgehead atoms. The second-order valence-electron chi connectivity index (χ2n) is 1.75. The second kappa shape index (κ2) is 4.10. The maximum Gasteiger partial charge on any atom is 0.356 e. The first-order chi connectivity index (χ1) is 4.72. The second-order valence-corrected chi connectivity index (χ2v) is 1.75. The number of rotatable bonds is 1. The van der Waals surface area contributed by atoms with Crippen LogP contribution in [0.3, 0.4) is 0 Å². The largest absolute Gasteiger partial charge is 0.476 e. The molecule has 0 aliphatic rings. The quantitative estimate of drug-likeness (QED) is 0.620. The van der Waals surface area contributed by atoms with E-state index in [2.05, 4.69) is 4.98 Å². The molecule has 3 N–H and O–H groups in total. The number of nitrogens with zero attached hydrogens (tertiary/aromatic N) is 1. The average molecular weight is 186 g/mol. The van der Waals surface area contributed by atoms with E-state index < -0.39 is 5.97 Å². The molecule has 56 valence electrons. The van der Waals surface area contributed by atoms with Crippen molar-refractivity contribution in [1.82, 2.24) is 4.98 Å². The van der Waals surface area contributed by atoms with Gasteiger partial charge in [-0.3, -0.25) is 0 Å². The van der Waals surface area contributed by atoms with Gasteiger partial charge in [0, 0.05) is 27.9 Å². The van der Waals surface area contributed by atoms with E-state index >= 15 is 0 Å². The van der Waals surface area contributed by atoms with E-state index in [9.17, 15) is 4.79 Å². The summed E-state index contributed by atoms with van der Waals surface area (Å²) in [6, 6.07) is 3.08. The van der Waals surface area contributed by atoms with Crippen molar-refractivity contribution in [3.63, 3.8) is 0 Å². The van der Waals surface area contributed by atoms with Gasteiger partial charge in [0.2, 0.25) is 0 Å². The minimum atomic E-state index is -1.10. The molecule has 0 fully saturated rings. The molecular formula is C6H6N2O2Ti. The molecule has 0 amide bonds. The summed E-state index contributed by atoms with van der Waals surface area (Å²) in [5.41, 5.74) is 5.37. The molecule has 0 aliphatic heterocycles. The van der Waals surface area contributed by atoms with Gasteiger partial charge in [-0.05, 0) is 12.1 Å². The van der Waals surface area contributed by atoms with Gasteiger partial charge < -0.3 is 10.8 Å². The van der Waals surface area contributed by atoms with Crippen molar-refractivity contribution in [2.24, 2.45) is 0 Å². The number of anilines is 1. The van der Waals surface area contributed by atoms with Gasteiger partial charge in [-0.1, -0.05) is 0 Å². The van der Waals surface area contributed by atoms with Crippen molar-refractivity contribution in [2.75, 3.05) is 5.73 Å². The molecule has 4 nitrogen and oxygen atoms in total. The van der Waals surface area contributed by atoms with Crippen LogP contribution in [-0.4, -0.2) is 16.1 Å². The standard InChI is InChI=1S/C6H6N2O2.Ti/c7-4-2-1-3-8-5(4)6(9)10;/h1-3H,7H2,(H,9,10);. The Kier molecular flexibility index (Phi) is 3.78. The first kappa shape index (κ1) is 10.1. The Bertz CT molecular complexity index is 265. The summed E-state index contributed by atoms with van der Waals surface area (Å²) in [4.78, 5) is 13.8. The smallest absolute Gasteiger partial charge is 0.356 e. The Balaban J connectivity index is 0.000001000. The van der Waals surface area contributed by atoms with E-state index in [1.165, 1.54) is 12.3 Å². The molecule has 0 atom stereocenters. The SMILES string of the molecule is Nc1cccnc1C(=O)O.[Ti]. The number of hydrogen-bond donors (Lipinski definition) is 2. The summed E-state index contributed by atoms with van der Waals surface area (Å²) in [5, 5.41) is 8.42. The number of nitrogen functional groups attached to an aromatic ring is 1. The van der Waals surface area contributed by atoms with E-state index in [-0.39, 0.29) is 33.1 Å². The van der Waals surface area contributed by atoms with Crippen LogP contribution in [0.25, 0.3) is 0 Å². The topological polar surface area (TPSA) is 76.2 Å². The van der Waals surface area contributed by atoms with Crippen LogP contribution >= 0.6 is 0 Å². The van der Waals surface area contributed by atoms with Gasteiger partial charge in [-0.25, -0.2) is 9.78 Å². The Morgan fingerprint density at radius 2 is 2.27 bits per heavy atom. The number of carbonyl (C=O) groups is 1. The fourth-order valence-electron chi connectivity index (χ4n) is 0.596. The molecule has 0 unspecified atom stereocenters. The third kappa shape index (κ3) is 2.33. The number of pyridine rings is 1. The van der Waals surface area contributed by atoms with Gasteiger partial charge in [-0.15, -0.1) is 0 Å². The van der Waals surface area contributed by atoms with Crippen LogP contribution < -0.4 is 5.73 Å². The molecule has 0 aromatic carbocycles. The first-order valence-corrected chi connectivity index (χ1v) is 2.65. The van der Waals surface area contributed by atoms with Crippen molar-refractivity contribution in [3.05, 3.63) is 24.0 Å². The molecule has 0 radical (unpaired) electrons. The van der Waals surface area contributed by atoms with Gasteiger partial charge in [-0.2, -0.15) is 0 Å². The van der Waals surface area contributed by atoms with Gasteiger partial charge in [0.05, 0.1) is 5.69 Å². The molecular weight excluding hydrogens is 180 g/mol. The number of nitrogens with two attached hydrogens (primary N) is 1. The summed E-state index contributed by atoms with van der Waals surface area (Å²) >= 11 is 0. The van der Waals surface area contributed by atoms with E-state index in [1.807, 2.05) is 0 Å². The van der Waals surface area contributed by atoms with E-state index in [0.29, 0.717) is 0 Å². The molecule has 11 heavy (non-hydrogen) atoms. The third-order valence-corrected chi connectivity index (χ3v) is 1.04. The molecule has 0 saturated carbocycles. The van der Waals surface area contributed by atoms with Crippen LogP contribution in [0, 0.1) is 0 Å². The molecule has 1 heterocycles. The summed E-state index contributed by atoms with van der Waals surface area (Å²) in [7, 11) is 0. The first-order valence-electron chi connectivity index (χ1n) is 2.65. The van der Waals surface area contributed by atoms with Gasteiger partial charge in [0.15, 0.2) is 5.69 Å². The minimum absolute atomic E-state index is 0. The monoisotopic (exact) mass is 186 g/mol. The number of carboxylic acid groups (broad SMARTS) is 1. The van der Waals surface area contributed by atoms with E-state index in [1.54, 1.807) is 6.07 Å². The molecule has 0 saturated heterocycles. The molecule has 5 heteroatoms. The normalized spacial score (nSPS) is 8.36. The fraction of sp³-hybridized carbons (Fsp3) is 0. The van der Waals surface area contributed by atoms with Crippen molar-refractivity contribution in [2.45, 2.75) is 0 Å². The average Bonchev–Trinajstić information content (AvgIpc) is 1.88. The van der Waals surface area contributed by atoms with Gasteiger partial charge >= 0.3 is 5.97 Å². The summed E-state index contributed by atoms with van der Waals surface area (Å²) in [6.45, 7) is 0. The number of aromatic nitrogens is 1. The number of carboxylic acids is 1. The van der Waals surface area contributed by atoms with Crippen LogP contribution in [0.4, 0.5) is 5.69 Å². The van der Waals surface area contributed by atoms with Crippen molar-refractivity contribution in [3.8, 4) is 0 Å². The van der Waals surface area contributed by atoms with Crippen LogP contribution in [0.1, 0.15) is 10.5 Å². The zero-order valence-corrected chi connectivity index (χ0v) is 7.17. The third-order valence-electron chi connectivity index (χ3n) is 1.04. The maximum absolute atomic E-state index is 10.3. The molecule has 1 aromatic rings. The van der Waals surface area contributed by atoms with E-state index in [0.717, 1.165) is 0 Å². The number of aromatic carboxylic acids is 1. The Morgan fingerprint density at radius 3 is 2.64 bits per heavy atom. The zero-order chi connectivity index (χ0) is 7.56. The maximum atomic E-state index is 10.3. The van der Waals surface area contributed by atoms with Crippen LogP contribution in [-0.2, 0) is 21.7 Å². The number of hydrogen-bond acceptors (Lipinski definition) is 3.